The summed E-state index contributed by atoms with van der Waals surface area (Å²) in [5, 5.41) is 15.8. The van der Waals surface area contributed by atoms with Gasteiger partial charge in [-0.15, -0.1) is 0 Å². The molecule has 0 bridgehead atoms. The number of piperazine rings is 1. The molecule has 0 amide bonds. The maximum atomic E-state index is 11.5. The molecule has 0 spiro atoms. The molecule has 0 radical (unpaired) electrons. The maximum Gasteiger partial charge on any atom is 0.311 e. The van der Waals surface area contributed by atoms with E-state index in [2.05, 4.69) is 20.1 Å². The topological polar surface area (TPSA) is 74.5 Å². The molecule has 1 unspecified atom stereocenters. The van der Waals surface area contributed by atoms with Crippen molar-refractivity contribution in [2.75, 3.05) is 44.2 Å². The lowest BCUT2D eigenvalue weighted by atomic mass is 10.1. The van der Waals surface area contributed by atoms with Crippen LogP contribution in [0.2, 0.25) is 0 Å². The number of hydrogen-bond acceptors (Lipinski definition) is 6. The quantitative estimate of drug-likeness (QED) is 0.682. The van der Waals surface area contributed by atoms with Crippen LogP contribution in [0.3, 0.4) is 0 Å². The molecule has 2 aliphatic rings. The standard InChI is InChI=1S/C17H21N5O2/c23-22(24)16-11-19-15-4-2-1-3-14(15)17(16)21-8-5-13(12-21)20-9-6-18-7-10-20/h1-4,11,13,18H,5-10,12H2. The Balaban J connectivity index is 1.68. The van der Waals surface area contributed by atoms with Gasteiger partial charge < -0.3 is 10.2 Å². The van der Waals surface area contributed by atoms with E-state index in [9.17, 15) is 10.1 Å². The van der Waals surface area contributed by atoms with Gasteiger partial charge in [-0.05, 0) is 12.5 Å². The summed E-state index contributed by atoms with van der Waals surface area (Å²) in [7, 11) is 0. The van der Waals surface area contributed by atoms with E-state index in [4.69, 9.17) is 0 Å². The zero-order valence-electron chi connectivity index (χ0n) is 13.5. The summed E-state index contributed by atoms with van der Waals surface area (Å²) in [5.41, 5.74) is 1.64. The first-order valence-corrected chi connectivity index (χ1v) is 8.46. The Hall–Kier alpha value is -2.25. The van der Waals surface area contributed by atoms with Gasteiger partial charge in [-0.1, -0.05) is 18.2 Å². The van der Waals surface area contributed by atoms with Gasteiger partial charge in [0.15, 0.2) is 0 Å². The lowest BCUT2D eigenvalue weighted by molar-refractivity contribution is -0.384. The predicted molar refractivity (Wildman–Crippen MR) is 93.5 cm³/mol. The lowest BCUT2D eigenvalue weighted by Crippen LogP contribution is -2.49. The number of pyridine rings is 1. The van der Waals surface area contributed by atoms with Gasteiger partial charge in [0.25, 0.3) is 0 Å². The van der Waals surface area contributed by atoms with E-state index < -0.39 is 0 Å². The molecule has 7 nitrogen and oxygen atoms in total. The van der Waals surface area contributed by atoms with Crippen LogP contribution in [0.1, 0.15) is 6.42 Å². The van der Waals surface area contributed by atoms with Gasteiger partial charge in [0.05, 0.1) is 10.4 Å². The van der Waals surface area contributed by atoms with Crippen molar-refractivity contribution in [3.63, 3.8) is 0 Å². The van der Waals surface area contributed by atoms with Crippen molar-refractivity contribution in [2.24, 2.45) is 0 Å². The second-order valence-electron chi connectivity index (χ2n) is 6.44. The van der Waals surface area contributed by atoms with Gasteiger partial charge in [-0.2, -0.15) is 0 Å². The summed E-state index contributed by atoms with van der Waals surface area (Å²) in [6, 6.07) is 8.15. The zero-order valence-corrected chi connectivity index (χ0v) is 13.5. The highest BCUT2D eigenvalue weighted by Gasteiger charge is 2.32. The Morgan fingerprint density at radius 1 is 1.21 bits per heavy atom. The molecule has 126 valence electrons. The number of nitro groups is 1. The zero-order chi connectivity index (χ0) is 16.5. The van der Waals surface area contributed by atoms with E-state index in [0.717, 1.165) is 62.3 Å². The summed E-state index contributed by atoms with van der Waals surface area (Å²) >= 11 is 0. The van der Waals surface area contributed by atoms with Crippen molar-refractivity contribution < 1.29 is 4.92 Å². The Labute approximate surface area is 140 Å². The number of para-hydroxylation sites is 1. The average Bonchev–Trinajstić information content (AvgIpc) is 3.11. The minimum Gasteiger partial charge on any atom is -0.364 e. The molecule has 1 atom stereocenters. The van der Waals surface area contributed by atoms with Crippen LogP contribution in [-0.2, 0) is 0 Å². The molecule has 2 saturated heterocycles. The summed E-state index contributed by atoms with van der Waals surface area (Å²) in [4.78, 5) is 20.2. The molecule has 0 saturated carbocycles. The summed E-state index contributed by atoms with van der Waals surface area (Å²) in [6.07, 6.45) is 2.45. The Morgan fingerprint density at radius 3 is 2.79 bits per heavy atom. The number of benzene rings is 1. The van der Waals surface area contributed by atoms with Crippen molar-refractivity contribution in [3.8, 4) is 0 Å². The monoisotopic (exact) mass is 327 g/mol. The van der Waals surface area contributed by atoms with E-state index in [-0.39, 0.29) is 10.6 Å². The van der Waals surface area contributed by atoms with E-state index >= 15 is 0 Å². The molecule has 4 rings (SSSR count). The number of fused-ring (bicyclic) bond motifs is 1. The van der Waals surface area contributed by atoms with E-state index in [1.807, 2.05) is 24.3 Å². The normalized spacial score (nSPS) is 22.2. The maximum absolute atomic E-state index is 11.5. The average molecular weight is 327 g/mol. The summed E-state index contributed by atoms with van der Waals surface area (Å²) in [5.74, 6) is 0. The molecule has 2 aromatic rings. The van der Waals surface area contributed by atoms with Crippen molar-refractivity contribution in [1.82, 2.24) is 15.2 Å². The number of nitrogens with one attached hydrogen (secondary N) is 1. The minimum absolute atomic E-state index is 0.106. The van der Waals surface area contributed by atoms with Crippen molar-refractivity contribution in [3.05, 3.63) is 40.6 Å². The van der Waals surface area contributed by atoms with Crippen LogP contribution in [0.4, 0.5) is 11.4 Å². The first-order valence-electron chi connectivity index (χ1n) is 8.46. The highest BCUT2D eigenvalue weighted by Crippen LogP contribution is 2.37. The molecule has 1 aromatic heterocycles. The van der Waals surface area contributed by atoms with Crippen molar-refractivity contribution in [2.45, 2.75) is 12.5 Å². The SMILES string of the molecule is O=[N+]([O-])c1cnc2ccccc2c1N1CCC(N2CCNCC2)C1. The van der Waals surface area contributed by atoms with Crippen LogP contribution >= 0.6 is 0 Å². The Bertz CT molecular complexity index is 760. The molecule has 3 heterocycles. The third-order valence-electron chi connectivity index (χ3n) is 5.07. The fourth-order valence-corrected chi connectivity index (χ4v) is 3.87. The highest BCUT2D eigenvalue weighted by molar-refractivity contribution is 5.96. The van der Waals surface area contributed by atoms with Crippen LogP contribution < -0.4 is 10.2 Å². The van der Waals surface area contributed by atoms with Gasteiger partial charge in [0.2, 0.25) is 0 Å². The molecule has 7 heteroatoms. The van der Waals surface area contributed by atoms with Crippen LogP contribution in [0.15, 0.2) is 30.5 Å². The fraction of sp³-hybridized carbons (Fsp3) is 0.471. The van der Waals surface area contributed by atoms with Crippen LogP contribution in [0.5, 0.6) is 0 Å². The van der Waals surface area contributed by atoms with Gasteiger partial charge in [0.1, 0.15) is 11.9 Å². The molecule has 1 aromatic carbocycles. The number of hydrogen-bond donors (Lipinski definition) is 1. The molecule has 24 heavy (non-hydrogen) atoms. The van der Waals surface area contributed by atoms with Crippen LogP contribution in [0, 0.1) is 10.1 Å². The van der Waals surface area contributed by atoms with Gasteiger partial charge in [-0.25, -0.2) is 4.98 Å². The molecule has 1 N–H and O–H groups in total. The second-order valence-corrected chi connectivity index (χ2v) is 6.44. The largest absolute Gasteiger partial charge is 0.364 e. The molecule has 0 aliphatic carbocycles. The van der Waals surface area contributed by atoms with Crippen LogP contribution in [-0.4, -0.2) is 60.1 Å². The second kappa shape index (κ2) is 6.33. The lowest BCUT2D eigenvalue weighted by Gasteiger charge is -2.32. The molecule has 2 fully saturated rings. The van der Waals surface area contributed by atoms with Gasteiger partial charge >= 0.3 is 5.69 Å². The van der Waals surface area contributed by atoms with E-state index in [1.165, 1.54) is 6.20 Å². The molecule has 2 aliphatic heterocycles. The third kappa shape index (κ3) is 2.70. The molecular weight excluding hydrogens is 306 g/mol. The Morgan fingerprint density at radius 2 is 2.00 bits per heavy atom. The molecular formula is C17H21N5O2. The van der Waals surface area contributed by atoms with E-state index in [0.29, 0.717) is 6.04 Å². The summed E-state index contributed by atoms with van der Waals surface area (Å²) < 4.78 is 0. The third-order valence-corrected chi connectivity index (χ3v) is 5.07. The summed E-state index contributed by atoms with van der Waals surface area (Å²) in [6.45, 7) is 5.84. The van der Waals surface area contributed by atoms with Crippen molar-refractivity contribution >= 4 is 22.3 Å². The first kappa shape index (κ1) is 15.3. The number of rotatable bonds is 3. The Kier molecular flexibility index (Phi) is 4.03. The number of anilines is 1. The van der Waals surface area contributed by atoms with Gasteiger partial charge in [0, 0.05) is 50.7 Å². The smallest absolute Gasteiger partial charge is 0.311 e. The van der Waals surface area contributed by atoms with Gasteiger partial charge in [-0.3, -0.25) is 15.0 Å². The van der Waals surface area contributed by atoms with Crippen molar-refractivity contribution in [1.29, 1.82) is 0 Å². The van der Waals surface area contributed by atoms with Crippen LogP contribution in [0.25, 0.3) is 10.9 Å². The minimum atomic E-state index is -0.313. The fourth-order valence-electron chi connectivity index (χ4n) is 3.87. The number of nitrogens with zero attached hydrogens (tertiary/aromatic N) is 4. The first-order chi connectivity index (χ1) is 11.7. The predicted octanol–water partition coefficient (Wildman–Crippen LogP) is 1.63. The van der Waals surface area contributed by atoms with E-state index in [1.54, 1.807) is 0 Å². The highest BCUT2D eigenvalue weighted by atomic mass is 16.6. The number of aromatic nitrogens is 1.